The molecular formula is C27H22FN7OS. The van der Waals surface area contributed by atoms with E-state index in [1.807, 2.05) is 34.7 Å². The fraction of sp³-hybridized carbons (Fsp3) is 0.185. The van der Waals surface area contributed by atoms with Gasteiger partial charge < -0.3 is 9.73 Å². The van der Waals surface area contributed by atoms with Crippen molar-refractivity contribution < 1.29 is 8.81 Å². The van der Waals surface area contributed by atoms with Crippen LogP contribution in [0.15, 0.2) is 82.6 Å². The summed E-state index contributed by atoms with van der Waals surface area (Å²) in [6, 6.07) is 18.1. The van der Waals surface area contributed by atoms with Crippen LogP contribution in [0.25, 0.3) is 28.5 Å². The summed E-state index contributed by atoms with van der Waals surface area (Å²) in [5, 5.41) is 12.5. The Morgan fingerprint density at radius 1 is 1.03 bits per heavy atom. The van der Waals surface area contributed by atoms with Gasteiger partial charge in [0.1, 0.15) is 23.5 Å². The molecule has 1 aliphatic rings. The first-order valence-corrected chi connectivity index (χ1v) is 12.7. The molecule has 1 saturated heterocycles. The van der Waals surface area contributed by atoms with Crippen LogP contribution in [0.4, 0.5) is 10.3 Å². The molecular weight excluding hydrogens is 489 g/mol. The van der Waals surface area contributed by atoms with Gasteiger partial charge >= 0.3 is 5.84 Å². The van der Waals surface area contributed by atoms with Crippen LogP contribution >= 0.6 is 11.9 Å². The van der Waals surface area contributed by atoms with E-state index in [0.29, 0.717) is 28.7 Å². The van der Waals surface area contributed by atoms with E-state index in [1.165, 1.54) is 12.1 Å². The number of oxazole rings is 1. The molecule has 37 heavy (non-hydrogen) atoms. The lowest BCUT2D eigenvalue weighted by Gasteiger charge is -2.31. The van der Waals surface area contributed by atoms with Gasteiger partial charge in [0, 0.05) is 42.0 Å². The molecule has 0 atom stereocenters. The molecule has 6 rings (SSSR count). The van der Waals surface area contributed by atoms with Gasteiger partial charge in [-0.2, -0.15) is 10.2 Å². The van der Waals surface area contributed by atoms with Crippen molar-refractivity contribution >= 4 is 23.7 Å². The number of benzene rings is 2. The highest BCUT2D eigenvalue weighted by atomic mass is 32.2. The number of hydrogen-bond donors (Lipinski definition) is 1. The minimum Gasteiger partial charge on any atom is -0.432 e. The van der Waals surface area contributed by atoms with Crippen molar-refractivity contribution in [1.82, 2.24) is 23.7 Å². The van der Waals surface area contributed by atoms with Crippen LogP contribution in [0.2, 0.25) is 0 Å². The smallest absolute Gasteiger partial charge is 0.306 e. The normalized spacial score (nSPS) is 14.6. The maximum atomic E-state index is 13.5. The average molecular weight is 512 g/mol. The molecule has 0 saturated carbocycles. The summed E-state index contributed by atoms with van der Waals surface area (Å²) in [4.78, 5) is 15.0. The van der Waals surface area contributed by atoms with Gasteiger partial charge in [-0.25, -0.2) is 18.7 Å². The number of halogens is 1. The zero-order valence-corrected chi connectivity index (χ0v) is 20.5. The van der Waals surface area contributed by atoms with Gasteiger partial charge in [-0.15, -0.1) is 0 Å². The number of aromatic nitrogens is 4. The second-order valence-corrected chi connectivity index (χ2v) is 9.88. The number of nitriles is 1. The molecule has 0 unspecified atom stereocenters. The number of rotatable bonds is 6. The molecule has 4 heterocycles. The highest BCUT2D eigenvalue weighted by Gasteiger charge is 2.22. The summed E-state index contributed by atoms with van der Waals surface area (Å²) in [6.45, 7) is 1.85. The van der Waals surface area contributed by atoms with Gasteiger partial charge in [0.15, 0.2) is 0 Å². The van der Waals surface area contributed by atoms with E-state index in [1.54, 1.807) is 42.7 Å². The van der Waals surface area contributed by atoms with Crippen LogP contribution in [-0.4, -0.2) is 42.8 Å². The molecule has 5 aromatic rings. The highest BCUT2D eigenvalue weighted by Crippen LogP contribution is 2.33. The van der Waals surface area contributed by atoms with E-state index in [-0.39, 0.29) is 11.9 Å². The maximum absolute atomic E-state index is 13.5. The first-order valence-electron chi connectivity index (χ1n) is 11.9. The van der Waals surface area contributed by atoms with E-state index >= 15 is 0 Å². The minimum atomic E-state index is -0.303. The van der Waals surface area contributed by atoms with Crippen molar-refractivity contribution in [3.63, 3.8) is 0 Å². The molecule has 8 nitrogen and oxygen atoms in total. The summed E-state index contributed by atoms with van der Waals surface area (Å²) >= 11 is 1.72. The van der Waals surface area contributed by atoms with E-state index in [2.05, 4.69) is 25.7 Å². The van der Waals surface area contributed by atoms with E-state index in [4.69, 9.17) is 14.7 Å². The lowest BCUT2D eigenvalue weighted by molar-refractivity contribution is 0.357. The Morgan fingerprint density at radius 3 is 2.57 bits per heavy atom. The van der Waals surface area contributed by atoms with Crippen molar-refractivity contribution in [2.24, 2.45) is 0 Å². The van der Waals surface area contributed by atoms with E-state index in [0.717, 1.165) is 42.1 Å². The third kappa shape index (κ3) is 4.91. The Labute approximate surface area is 216 Å². The van der Waals surface area contributed by atoms with Gasteiger partial charge in [-0.1, -0.05) is 0 Å². The molecule has 184 valence electrons. The lowest BCUT2D eigenvalue weighted by Crippen LogP contribution is -2.35. The number of hydrogen-bond acceptors (Lipinski definition) is 8. The summed E-state index contributed by atoms with van der Waals surface area (Å²) in [5.74, 6) is 0.692. The van der Waals surface area contributed by atoms with E-state index < -0.39 is 0 Å². The highest BCUT2D eigenvalue weighted by molar-refractivity contribution is 7.97. The van der Waals surface area contributed by atoms with Crippen molar-refractivity contribution in [2.75, 3.05) is 18.4 Å². The molecule has 10 heteroatoms. The van der Waals surface area contributed by atoms with Gasteiger partial charge in [-0.05, 0) is 79.4 Å². The molecule has 1 aliphatic heterocycles. The standard InChI is InChI=1S/C27H22FN7OS/c28-20-5-3-19(4-6-20)24-25(35-15-16-36-27(35)33-24)23-9-12-30-26(32-23)31-21-10-13-34(14-11-21)37-22-7-1-18(17-29)2-8-22/h1-9,12,15-16,21H,10-11,13-14H2,(H,30,31,32). The third-order valence-corrected chi connectivity index (χ3v) is 7.39. The van der Waals surface area contributed by atoms with Crippen molar-refractivity contribution in [1.29, 1.82) is 5.26 Å². The molecule has 0 aliphatic carbocycles. The minimum absolute atomic E-state index is 0.254. The van der Waals surface area contributed by atoms with Crippen molar-refractivity contribution in [3.05, 3.63) is 84.6 Å². The number of anilines is 1. The predicted octanol–water partition coefficient (Wildman–Crippen LogP) is 5.65. The van der Waals surface area contributed by atoms with Crippen LogP contribution in [-0.2, 0) is 0 Å². The number of piperidine rings is 1. The number of nitrogens with one attached hydrogen (secondary N) is 1. The van der Waals surface area contributed by atoms with Crippen molar-refractivity contribution in [2.45, 2.75) is 23.8 Å². The summed E-state index contributed by atoms with van der Waals surface area (Å²) in [7, 11) is 0. The molecule has 0 bridgehead atoms. The molecule has 1 fully saturated rings. The van der Waals surface area contributed by atoms with Crippen molar-refractivity contribution in [3.8, 4) is 28.7 Å². The topological polar surface area (TPSA) is 95.3 Å². The first-order chi connectivity index (χ1) is 18.2. The Hall–Kier alpha value is -4.20. The molecule has 3 aromatic heterocycles. The van der Waals surface area contributed by atoms with Crippen LogP contribution in [0, 0.1) is 17.1 Å². The van der Waals surface area contributed by atoms with Gasteiger partial charge in [0.25, 0.3) is 0 Å². The number of nitrogens with zero attached hydrogens (tertiary/aromatic N) is 6. The van der Waals surface area contributed by atoms with E-state index in [9.17, 15) is 4.39 Å². The Balaban J connectivity index is 1.17. The summed E-state index contributed by atoms with van der Waals surface area (Å²) < 4.78 is 23.2. The van der Waals surface area contributed by atoms with Crippen LogP contribution in [0.3, 0.4) is 0 Å². The molecule has 0 amide bonds. The largest absolute Gasteiger partial charge is 0.432 e. The summed E-state index contributed by atoms with van der Waals surface area (Å²) in [6.07, 6.45) is 7.01. The lowest BCUT2D eigenvalue weighted by atomic mass is 10.1. The fourth-order valence-electron chi connectivity index (χ4n) is 4.41. The van der Waals surface area contributed by atoms with Crippen LogP contribution < -0.4 is 5.32 Å². The second kappa shape index (κ2) is 10.0. The molecule has 0 radical (unpaired) electrons. The van der Waals surface area contributed by atoms with Gasteiger partial charge in [-0.3, -0.25) is 4.40 Å². The number of fused-ring (bicyclic) bond motifs is 1. The first kappa shape index (κ1) is 23.2. The van der Waals surface area contributed by atoms with Gasteiger partial charge in [0.2, 0.25) is 5.95 Å². The summed E-state index contributed by atoms with van der Waals surface area (Å²) in [5.41, 5.74) is 3.56. The average Bonchev–Trinajstić information content (AvgIpc) is 3.53. The van der Waals surface area contributed by atoms with Crippen LogP contribution in [0.1, 0.15) is 18.4 Å². The SMILES string of the molecule is N#Cc1ccc(SN2CCC(Nc3nccc(-c4c(-c5ccc(F)cc5)nc5occn45)n3)CC2)cc1. The zero-order valence-electron chi connectivity index (χ0n) is 19.7. The quantitative estimate of drug-likeness (QED) is 0.293. The molecule has 1 N–H and O–H groups in total. The number of imidazole rings is 1. The Bertz CT molecular complexity index is 1570. The third-order valence-electron chi connectivity index (χ3n) is 6.28. The Kier molecular flexibility index (Phi) is 6.30. The zero-order chi connectivity index (χ0) is 25.2. The second-order valence-electron chi connectivity index (χ2n) is 8.71. The maximum Gasteiger partial charge on any atom is 0.306 e. The predicted molar refractivity (Wildman–Crippen MR) is 139 cm³/mol. The molecule has 0 spiro atoms. The van der Waals surface area contributed by atoms with Crippen LogP contribution in [0.5, 0.6) is 0 Å². The molecule has 2 aromatic carbocycles. The van der Waals surface area contributed by atoms with Gasteiger partial charge in [0.05, 0.1) is 17.3 Å². The Morgan fingerprint density at radius 2 is 1.81 bits per heavy atom. The fourth-order valence-corrected chi connectivity index (χ4v) is 5.36. The monoisotopic (exact) mass is 511 g/mol.